The molecule has 0 bridgehead atoms. The number of nitrogens with zero attached hydrogens (tertiary/aromatic N) is 1. The van der Waals surface area contributed by atoms with Gasteiger partial charge in [0, 0.05) is 31.4 Å². The van der Waals surface area contributed by atoms with E-state index < -0.39 is 11.8 Å². The maximum atomic E-state index is 12.5. The summed E-state index contributed by atoms with van der Waals surface area (Å²) in [6.07, 6.45) is 2.54. The summed E-state index contributed by atoms with van der Waals surface area (Å²) in [6.45, 7) is 1.98. The molecule has 0 unspecified atom stereocenters. The fourth-order valence-electron chi connectivity index (χ4n) is 4.11. The Morgan fingerprint density at radius 2 is 1.81 bits per heavy atom. The fourth-order valence-corrected chi connectivity index (χ4v) is 4.11. The molecule has 0 spiro atoms. The van der Waals surface area contributed by atoms with Crippen LogP contribution in [0.1, 0.15) is 22.9 Å². The Morgan fingerprint density at radius 3 is 2.66 bits per heavy atom. The second-order valence-electron chi connectivity index (χ2n) is 7.75. The molecule has 0 aliphatic carbocycles. The zero-order valence-corrected chi connectivity index (χ0v) is 17.4. The summed E-state index contributed by atoms with van der Waals surface area (Å²) in [7, 11) is 0. The molecule has 0 saturated heterocycles. The summed E-state index contributed by atoms with van der Waals surface area (Å²) >= 11 is 0. The topological polar surface area (TPSA) is 93.0 Å². The number of carbonyl (C=O) groups is 2. The van der Waals surface area contributed by atoms with Gasteiger partial charge >= 0.3 is 11.8 Å². The minimum Gasteiger partial charge on any atom is -0.468 e. The molecule has 2 N–H and O–H groups in total. The average molecular weight is 433 g/mol. The zero-order valence-electron chi connectivity index (χ0n) is 17.4. The van der Waals surface area contributed by atoms with Crippen molar-refractivity contribution in [3.63, 3.8) is 0 Å². The lowest BCUT2D eigenvalue weighted by molar-refractivity contribution is -0.136. The SMILES string of the molecule is O=C(NC[C@@H](c1ccco1)N1CCc2ccccc2C1)C(=O)Nc1ccc2c(c1)OCO2. The molecule has 8 heteroatoms. The number of rotatable bonds is 5. The molecule has 3 heterocycles. The van der Waals surface area contributed by atoms with E-state index in [9.17, 15) is 9.59 Å². The molecule has 0 saturated carbocycles. The number of hydrogen-bond acceptors (Lipinski definition) is 6. The number of benzene rings is 2. The van der Waals surface area contributed by atoms with Crippen molar-refractivity contribution < 1.29 is 23.5 Å². The third-order valence-corrected chi connectivity index (χ3v) is 5.77. The van der Waals surface area contributed by atoms with Crippen molar-refractivity contribution in [3.05, 3.63) is 77.7 Å². The first-order valence-corrected chi connectivity index (χ1v) is 10.5. The lowest BCUT2D eigenvalue weighted by Crippen LogP contribution is -2.43. The van der Waals surface area contributed by atoms with Crippen LogP contribution >= 0.6 is 0 Å². The number of anilines is 1. The van der Waals surface area contributed by atoms with Crippen LogP contribution in [0.3, 0.4) is 0 Å². The van der Waals surface area contributed by atoms with Gasteiger partial charge in [0.2, 0.25) is 6.79 Å². The normalized spacial score (nSPS) is 15.6. The Bertz CT molecular complexity index is 1130. The van der Waals surface area contributed by atoms with Gasteiger partial charge in [-0.15, -0.1) is 0 Å². The molecule has 3 aromatic rings. The van der Waals surface area contributed by atoms with Crippen LogP contribution in [0.2, 0.25) is 0 Å². The summed E-state index contributed by atoms with van der Waals surface area (Å²) < 4.78 is 16.2. The molecule has 5 rings (SSSR count). The van der Waals surface area contributed by atoms with Crippen LogP contribution in [0.25, 0.3) is 0 Å². The number of carbonyl (C=O) groups excluding carboxylic acids is 2. The molecule has 2 amide bonds. The van der Waals surface area contributed by atoms with Gasteiger partial charge in [-0.3, -0.25) is 14.5 Å². The van der Waals surface area contributed by atoms with E-state index in [1.165, 1.54) is 11.1 Å². The number of fused-ring (bicyclic) bond motifs is 2. The van der Waals surface area contributed by atoms with Crippen LogP contribution in [-0.4, -0.2) is 36.6 Å². The van der Waals surface area contributed by atoms with Crippen molar-refractivity contribution in [2.45, 2.75) is 19.0 Å². The Morgan fingerprint density at radius 1 is 0.969 bits per heavy atom. The van der Waals surface area contributed by atoms with Crippen molar-refractivity contribution in [3.8, 4) is 11.5 Å². The minimum atomic E-state index is -0.744. The first-order valence-electron chi connectivity index (χ1n) is 10.5. The van der Waals surface area contributed by atoms with E-state index in [0.717, 1.165) is 25.3 Å². The van der Waals surface area contributed by atoms with E-state index in [4.69, 9.17) is 13.9 Å². The van der Waals surface area contributed by atoms with Crippen LogP contribution in [0.4, 0.5) is 5.69 Å². The average Bonchev–Trinajstić information content (AvgIpc) is 3.51. The van der Waals surface area contributed by atoms with Gasteiger partial charge in [-0.1, -0.05) is 24.3 Å². The number of hydrogen-bond donors (Lipinski definition) is 2. The molecule has 164 valence electrons. The minimum absolute atomic E-state index is 0.141. The van der Waals surface area contributed by atoms with E-state index in [-0.39, 0.29) is 19.4 Å². The van der Waals surface area contributed by atoms with Gasteiger partial charge in [-0.25, -0.2) is 0 Å². The highest BCUT2D eigenvalue weighted by atomic mass is 16.7. The monoisotopic (exact) mass is 433 g/mol. The molecule has 1 aromatic heterocycles. The molecule has 0 radical (unpaired) electrons. The fraction of sp³-hybridized carbons (Fsp3) is 0.250. The Balaban J connectivity index is 1.23. The smallest absolute Gasteiger partial charge is 0.313 e. The van der Waals surface area contributed by atoms with Crippen LogP contribution < -0.4 is 20.1 Å². The van der Waals surface area contributed by atoms with E-state index in [1.54, 1.807) is 24.5 Å². The number of furan rings is 1. The van der Waals surface area contributed by atoms with Gasteiger partial charge in [0.05, 0.1) is 12.3 Å². The lowest BCUT2D eigenvalue weighted by Gasteiger charge is -2.34. The van der Waals surface area contributed by atoms with Crippen LogP contribution in [0.15, 0.2) is 65.3 Å². The first-order chi connectivity index (χ1) is 15.7. The molecule has 0 fully saturated rings. The maximum Gasteiger partial charge on any atom is 0.313 e. The highest BCUT2D eigenvalue weighted by Gasteiger charge is 2.28. The van der Waals surface area contributed by atoms with Crippen LogP contribution in [0, 0.1) is 0 Å². The van der Waals surface area contributed by atoms with Gasteiger partial charge in [0.15, 0.2) is 11.5 Å². The number of amides is 2. The van der Waals surface area contributed by atoms with Crippen molar-refractivity contribution >= 4 is 17.5 Å². The standard InChI is InChI=1S/C24H23N3O5/c28-23(24(29)26-18-7-8-21-22(12-18)32-15-31-21)25-13-19(20-6-3-11-30-20)27-10-9-16-4-1-2-5-17(16)14-27/h1-8,11-12,19H,9-10,13-15H2,(H,25,28)(H,26,29)/t19-/m0/s1. The Kier molecular flexibility index (Phi) is 5.51. The zero-order chi connectivity index (χ0) is 21.9. The molecule has 8 nitrogen and oxygen atoms in total. The third-order valence-electron chi connectivity index (χ3n) is 5.77. The third kappa shape index (κ3) is 4.17. The molecule has 32 heavy (non-hydrogen) atoms. The number of nitrogens with one attached hydrogen (secondary N) is 2. The summed E-state index contributed by atoms with van der Waals surface area (Å²) in [5.74, 6) is 0.437. The second kappa shape index (κ2) is 8.76. The van der Waals surface area contributed by atoms with Crippen LogP contribution in [0.5, 0.6) is 11.5 Å². The first kappa shape index (κ1) is 20.1. The predicted octanol–water partition coefficient (Wildman–Crippen LogP) is 2.86. The highest BCUT2D eigenvalue weighted by molar-refractivity contribution is 6.39. The lowest BCUT2D eigenvalue weighted by atomic mass is 9.98. The maximum absolute atomic E-state index is 12.5. The van der Waals surface area contributed by atoms with Crippen LogP contribution in [-0.2, 0) is 22.6 Å². The van der Waals surface area contributed by atoms with Gasteiger partial charge in [0.1, 0.15) is 5.76 Å². The molecule has 1 atom stereocenters. The second-order valence-corrected chi connectivity index (χ2v) is 7.75. The molecule has 2 aliphatic rings. The summed E-state index contributed by atoms with van der Waals surface area (Å²) in [5, 5.41) is 5.35. The van der Waals surface area contributed by atoms with Crippen molar-refractivity contribution in [1.29, 1.82) is 0 Å². The van der Waals surface area contributed by atoms with E-state index >= 15 is 0 Å². The molecule has 2 aliphatic heterocycles. The van der Waals surface area contributed by atoms with Crippen molar-refractivity contribution in [2.24, 2.45) is 0 Å². The van der Waals surface area contributed by atoms with E-state index in [1.807, 2.05) is 18.2 Å². The van der Waals surface area contributed by atoms with E-state index in [0.29, 0.717) is 17.2 Å². The quantitative estimate of drug-likeness (QED) is 0.601. The van der Waals surface area contributed by atoms with Gasteiger partial charge < -0.3 is 24.5 Å². The molecular formula is C24H23N3O5. The Hall–Kier alpha value is -3.78. The molecule has 2 aromatic carbocycles. The Labute approximate surface area is 185 Å². The van der Waals surface area contributed by atoms with Crippen molar-refractivity contribution in [2.75, 3.05) is 25.2 Å². The van der Waals surface area contributed by atoms with E-state index in [2.05, 4.69) is 33.7 Å². The molecular weight excluding hydrogens is 410 g/mol. The largest absolute Gasteiger partial charge is 0.468 e. The number of ether oxygens (including phenoxy) is 2. The van der Waals surface area contributed by atoms with Gasteiger partial charge in [-0.2, -0.15) is 0 Å². The summed E-state index contributed by atoms with van der Waals surface area (Å²) in [6, 6.07) is 16.9. The van der Waals surface area contributed by atoms with Gasteiger partial charge in [0.25, 0.3) is 0 Å². The summed E-state index contributed by atoms with van der Waals surface area (Å²) in [5.41, 5.74) is 3.07. The van der Waals surface area contributed by atoms with Crippen molar-refractivity contribution in [1.82, 2.24) is 10.2 Å². The highest BCUT2D eigenvalue weighted by Crippen LogP contribution is 2.34. The summed E-state index contributed by atoms with van der Waals surface area (Å²) in [4.78, 5) is 27.2. The predicted molar refractivity (Wildman–Crippen MR) is 116 cm³/mol. The van der Waals surface area contributed by atoms with Gasteiger partial charge in [-0.05, 0) is 41.8 Å².